The van der Waals surface area contributed by atoms with Crippen LogP contribution in [0.1, 0.15) is 24.8 Å². The molecule has 0 aromatic heterocycles. The molecule has 2 unspecified atom stereocenters. The number of esters is 1. The van der Waals surface area contributed by atoms with Crippen molar-refractivity contribution < 1.29 is 14.3 Å². The average molecular weight is 404 g/mol. The SMILES string of the molecule is COC(=O)CC1CCC(COc2ccc(-c3ccc(C(=N)N)cc3)cc2)N1.Cl. The largest absolute Gasteiger partial charge is 0.492 e. The summed E-state index contributed by atoms with van der Waals surface area (Å²) in [7, 11) is 1.42. The Labute approximate surface area is 171 Å². The van der Waals surface area contributed by atoms with E-state index in [-0.39, 0.29) is 36.3 Å². The summed E-state index contributed by atoms with van der Waals surface area (Å²) in [6.45, 7) is 0.574. The van der Waals surface area contributed by atoms with Crippen LogP contribution in [-0.4, -0.2) is 37.6 Å². The zero-order valence-corrected chi connectivity index (χ0v) is 16.6. The molecule has 1 aliphatic rings. The highest BCUT2D eigenvalue weighted by atomic mass is 35.5. The summed E-state index contributed by atoms with van der Waals surface area (Å²) >= 11 is 0. The van der Waals surface area contributed by atoms with Gasteiger partial charge in [0.2, 0.25) is 0 Å². The van der Waals surface area contributed by atoms with Crippen LogP contribution in [0.4, 0.5) is 0 Å². The summed E-state index contributed by atoms with van der Waals surface area (Å²) in [4.78, 5) is 11.3. The quantitative estimate of drug-likeness (QED) is 0.375. The summed E-state index contributed by atoms with van der Waals surface area (Å²) in [5, 5.41) is 10.9. The lowest BCUT2D eigenvalue weighted by atomic mass is 10.0. The fourth-order valence-electron chi connectivity index (χ4n) is 3.26. The van der Waals surface area contributed by atoms with Crippen molar-refractivity contribution in [2.45, 2.75) is 31.3 Å². The van der Waals surface area contributed by atoms with Gasteiger partial charge >= 0.3 is 5.97 Å². The van der Waals surface area contributed by atoms with Crippen LogP contribution in [0.5, 0.6) is 5.75 Å². The first-order valence-electron chi connectivity index (χ1n) is 9.05. The Morgan fingerprint density at radius 2 is 1.64 bits per heavy atom. The molecule has 0 spiro atoms. The van der Waals surface area contributed by atoms with E-state index < -0.39 is 0 Å². The molecular formula is C21H26ClN3O3. The molecule has 3 rings (SSSR count). The lowest BCUT2D eigenvalue weighted by Gasteiger charge is -2.15. The van der Waals surface area contributed by atoms with E-state index in [0.717, 1.165) is 29.7 Å². The topological polar surface area (TPSA) is 97.4 Å². The van der Waals surface area contributed by atoms with Crippen molar-refractivity contribution in [3.05, 3.63) is 54.1 Å². The third-order valence-electron chi connectivity index (χ3n) is 4.81. The Balaban J connectivity index is 0.00000280. The Bertz CT molecular complexity index is 794. The minimum absolute atomic E-state index is 0. The molecule has 1 saturated heterocycles. The summed E-state index contributed by atoms with van der Waals surface area (Å²) in [5.74, 6) is 0.706. The first kappa shape index (κ1) is 21.7. The number of methoxy groups -OCH3 is 1. The van der Waals surface area contributed by atoms with Gasteiger partial charge in [0, 0.05) is 17.6 Å². The van der Waals surface area contributed by atoms with Crippen molar-refractivity contribution in [2.24, 2.45) is 5.73 Å². The van der Waals surface area contributed by atoms with Gasteiger partial charge in [0.25, 0.3) is 0 Å². The van der Waals surface area contributed by atoms with Crippen LogP contribution < -0.4 is 15.8 Å². The normalized spacial score (nSPS) is 18.2. The molecule has 2 aromatic rings. The van der Waals surface area contributed by atoms with Crippen molar-refractivity contribution in [2.75, 3.05) is 13.7 Å². The molecule has 2 aromatic carbocycles. The summed E-state index contributed by atoms with van der Waals surface area (Å²) in [5.41, 5.74) is 8.34. The molecule has 0 bridgehead atoms. The highest BCUT2D eigenvalue weighted by Gasteiger charge is 2.26. The van der Waals surface area contributed by atoms with Gasteiger partial charge in [-0.2, -0.15) is 0 Å². The van der Waals surface area contributed by atoms with Crippen LogP contribution in [-0.2, 0) is 9.53 Å². The standard InChI is InChI=1S/C21H25N3O3.ClH/c1-26-20(25)12-17-8-9-18(24-17)13-27-19-10-6-15(7-11-19)14-2-4-16(5-3-14)21(22)23;/h2-7,10-11,17-18,24H,8-9,12-13H2,1H3,(H3,22,23);1H. The molecule has 1 fully saturated rings. The second kappa shape index (κ2) is 10.1. The molecule has 28 heavy (non-hydrogen) atoms. The molecule has 0 aliphatic carbocycles. The maximum atomic E-state index is 11.3. The zero-order valence-electron chi connectivity index (χ0n) is 15.8. The van der Waals surface area contributed by atoms with E-state index in [0.29, 0.717) is 18.6 Å². The van der Waals surface area contributed by atoms with Crippen LogP contribution in [0.3, 0.4) is 0 Å². The number of hydrogen-bond acceptors (Lipinski definition) is 5. The predicted octanol–water partition coefficient (Wildman–Crippen LogP) is 3.12. The number of carbonyl (C=O) groups excluding carboxylic acids is 1. The highest BCUT2D eigenvalue weighted by Crippen LogP contribution is 2.23. The van der Waals surface area contributed by atoms with Crippen LogP contribution in [0, 0.1) is 5.41 Å². The molecule has 0 radical (unpaired) electrons. The van der Waals surface area contributed by atoms with E-state index in [2.05, 4.69) is 5.32 Å². The number of amidine groups is 1. The van der Waals surface area contributed by atoms with Gasteiger partial charge in [-0.05, 0) is 36.1 Å². The molecule has 1 aliphatic heterocycles. The maximum Gasteiger partial charge on any atom is 0.307 e. The van der Waals surface area contributed by atoms with Crippen molar-refractivity contribution >= 4 is 24.2 Å². The fourth-order valence-corrected chi connectivity index (χ4v) is 3.26. The van der Waals surface area contributed by atoms with Crippen molar-refractivity contribution in [1.29, 1.82) is 5.41 Å². The van der Waals surface area contributed by atoms with Crippen LogP contribution in [0.15, 0.2) is 48.5 Å². The minimum atomic E-state index is -0.180. The molecule has 0 amide bonds. The van der Waals surface area contributed by atoms with Crippen molar-refractivity contribution in [1.82, 2.24) is 5.32 Å². The van der Waals surface area contributed by atoms with Crippen LogP contribution in [0.25, 0.3) is 11.1 Å². The van der Waals surface area contributed by atoms with Crippen LogP contribution >= 0.6 is 12.4 Å². The van der Waals surface area contributed by atoms with Gasteiger partial charge in [0.15, 0.2) is 0 Å². The second-order valence-corrected chi connectivity index (χ2v) is 6.74. The highest BCUT2D eigenvalue weighted by molar-refractivity contribution is 5.95. The predicted molar refractivity (Wildman–Crippen MR) is 112 cm³/mol. The van der Waals surface area contributed by atoms with E-state index in [1.54, 1.807) is 0 Å². The van der Waals surface area contributed by atoms with Gasteiger partial charge in [-0.3, -0.25) is 10.2 Å². The van der Waals surface area contributed by atoms with E-state index in [1.807, 2.05) is 48.5 Å². The van der Waals surface area contributed by atoms with Crippen molar-refractivity contribution in [3.63, 3.8) is 0 Å². The number of benzene rings is 2. The third kappa shape index (κ3) is 5.71. The first-order valence-corrected chi connectivity index (χ1v) is 9.05. The van der Waals surface area contributed by atoms with Gasteiger partial charge in [0.1, 0.15) is 18.2 Å². The van der Waals surface area contributed by atoms with Gasteiger partial charge in [0.05, 0.1) is 13.5 Å². The number of nitrogens with one attached hydrogen (secondary N) is 2. The lowest BCUT2D eigenvalue weighted by Crippen LogP contribution is -2.35. The van der Waals surface area contributed by atoms with E-state index in [4.69, 9.17) is 20.6 Å². The molecule has 150 valence electrons. The van der Waals surface area contributed by atoms with Crippen molar-refractivity contribution in [3.8, 4) is 16.9 Å². The maximum absolute atomic E-state index is 11.3. The summed E-state index contributed by atoms with van der Waals surface area (Å²) in [6.07, 6.45) is 2.35. The summed E-state index contributed by atoms with van der Waals surface area (Å²) in [6, 6.07) is 16.0. The summed E-state index contributed by atoms with van der Waals surface area (Å²) < 4.78 is 10.6. The monoisotopic (exact) mass is 403 g/mol. The Morgan fingerprint density at radius 3 is 2.21 bits per heavy atom. The van der Waals surface area contributed by atoms with E-state index >= 15 is 0 Å². The third-order valence-corrected chi connectivity index (χ3v) is 4.81. The molecule has 6 nitrogen and oxygen atoms in total. The molecule has 0 saturated carbocycles. The number of halogens is 1. The number of rotatable bonds is 7. The fraction of sp³-hybridized carbons (Fsp3) is 0.333. The number of nitrogens with two attached hydrogens (primary N) is 1. The number of hydrogen-bond donors (Lipinski definition) is 3. The molecule has 7 heteroatoms. The average Bonchev–Trinajstić information content (AvgIpc) is 3.14. The Kier molecular flexibility index (Phi) is 7.84. The zero-order chi connectivity index (χ0) is 19.2. The smallest absolute Gasteiger partial charge is 0.307 e. The first-order chi connectivity index (χ1) is 13.0. The van der Waals surface area contributed by atoms with Gasteiger partial charge < -0.3 is 20.5 Å². The molecule has 2 atom stereocenters. The van der Waals surface area contributed by atoms with Gasteiger partial charge in [-0.25, -0.2) is 0 Å². The Morgan fingerprint density at radius 1 is 1.07 bits per heavy atom. The number of nitrogen functional groups attached to an aromatic ring is 1. The van der Waals surface area contributed by atoms with E-state index in [9.17, 15) is 4.79 Å². The minimum Gasteiger partial charge on any atom is -0.492 e. The molecular weight excluding hydrogens is 378 g/mol. The number of ether oxygens (including phenoxy) is 2. The molecule has 4 N–H and O–H groups in total. The lowest BCUT2D eigenvalue weighted by molar-refractivity contribution is -0.141. The molecule has 1 heterocycles. The van der Waals surface area contributed by atoms with Gasteiger partial charge in [-0.1, -0.05) is 36.4 Å². The number of carbonyl (C=O) groups is 1. The van der Waals surface area contributed by atoms with Crippen LogP contribution in [0.2, 0.25) is 0 Å². The van der Waals surface area contributed by atoms with Gasteiger partial charge in [-0.15, -0.1) is 12.4 Å². The van der Waals surface area contributed by atoms with E-state index in [1.165, 1.54) is 7.11 Å². The Hall–Kier alpha value is -2.57. The second-order valence-electron chi connectivity index (χ2n) is 6.74.